The van der Waals surface area contributed by atoms with Gasteiger partial charge in [0.25, 0.3) is 0 Å². The summed E-state index contributed by atoms with van der Waals surface area (Å²) in [6.07, 6.45) is 0.546. The lowest BCUT2D eigenvalue weighted by Gasteiger charge is -2.25. The van der Waals surface area contributed by atoms with Crippen LogP contribution < -0.4 is 5.14 Å². The summed E-state index contributed by atoms with van der Waals surface area (Å²) in [5.74, 6) is 0.805. The fraction of sp³-hybridized carbons (Fsp3) is 0.286. The number of hydrogen-bond donors (Lipinski definition) is 1. The number of primary sulfonamides is 1. The first-order valence-electron chi connectivity index (χ1n) is 9.43. The van der Waals surface area contributed by atoms with Crippen molar-refractivity contribution in [3.63, 3.8) is 0 Å². The monoisotopic (exact) mass is 428 g/mol. The van der Waals surface area contributed by atoms with E-state index in [2.05, 4.69) is 10.1 Å². The van der Waals surface area contributed by atoms with Crippen LogP contribution in [-0.2, 0) is 21.2 Å². The smallest absolute Gasteiger partial charge is 0.238 e. The van der Waals surface area contributed by atoms with E-state index in [1.165, 1.54) is 12.1 Å². The lowest BCUT2D eigenvalue weighted by Crippen LogP contribution is -2.29. The Bertz CT molecular complexity index is 1120. The molecule has 0 radical (unpaired) electrons. The van der Waals surface area contributed by atoms with Gasteiger partial charge in [-0.25, -0.2) is 13.6 Å². The number of carbonyl (C=O) groups excluding carboxylic acids is 1. The number of nitrogens with two attached hydrogens (primary N) is 1. The highest BCUT2D eigenvalue weighted by atomic mass is 32.2. The van der Waals surface area contributed by atoms with Crippen LogP contribution in [0, 0.1) is 6.92 Å². The van der Waals surface area contributed by atoms with Crippen molar-refractivity contribution >= 4 is 15.9 Å². The van der Waals surface area contributed by atoms with E-state index in [4.69, 9.17) is 9.66 Å². The third-order valence-electron chi connectivity index (χ3n) is 5.00. The van der Waals surface area contributed by atoms with Crippen molar-refractivity contribution in [2.45, 2.75) is 37.6 Å². The quantitative estimate of drug-likeness (QED) is 0.618. The summed E-state index contributed by atoms with van der Waals surface area (Å²) in [6.45, 7) is 3.87. The van der Waals surface area contributed by atoms with Crippen LogP contribution in [0.4, 0.5) is 0 Å². The van der Waals surface area contributed by atoms with Gasteiger partial charge in [-0.1, -0.05) is 47.1 Å². The first-order chi connectivity index (χ1) is 14.1. The Labute approximate surface area is 175 Å². The number of aromatic nitrogens is 2. The fourth-order valence-electron chi connectivity index (χ4n) is 2.94. The zero-order valence-corrected chi connectivity index (χ0v) is 17.9. The molecule has 0 aliphatic rings. The number of amides is 1. The topological polar surface area (TPSA) is 119 Å². The predicted octanol–water partition coefficient (Wildman–Crippen LogP) is 2.84. The summed E-state index contributed by atoms with van der Waals surface area (Å²) in [5.41, 5.74) is 2.80. The van der Waals surface area contributed by atoms with Crippen molar-refractivity contribution in [2.24, 2.45) is 5.14 Å². The second-order valence-electron chi connectivity index (χ2n) is 7.17. The van der Waals surface area contributed by atoms with E-state index in [1.807, 2.05) is 38.1 Å². The van der Waals surface area contributed by atoms with Gasteiger partial charge in [0.2, 0.25) is 27.6 Å². The van der Waals surface area contributed by atoms with Gasteiger partial charge in [-0.15, -0.1) is 0 Å². The van der Waals surface area contributed by atoms with E-state index in [9.17, 15) is 13.2 Å². The summed E-state index contributed by atoms with van der Waals surface area (Å²) < 4.78 is 28.0. The Morgan fingerprint density at radius 1 is 1.13 bits per heavy atom. The van der Waals surface area contributed by atoms with Crippen molar-refractivity contribution in [1.82, 2.24) is 15.0 Å². The maximum Gasteiger partial charge on any atom is 0.238 e. The fourth-order valence-corrected chi connectivity index (χ4v) is 3.46. The largest absolute Gasteiger partial charge is 0.339 e. The Morgan fingerprint density at radius 2 is 1.77 bits per heavy atom. The molecule has 0 bridgehead atoms. The van der Waals surface area contributed by atoms with Gasteiger partial charge in [-0.05, 0) is 31.5 Å². The van der Waals surface area contributed by atoms with E-state index >= 15 is 0 Å². The molecule has 0 spiro atoms. The highest BCUT2D eigenvalue weighted by Crippen LogP contribution is 2.22. The molecule has 3 aromatic rings. The number of carbonyl (C=O) groups is 1. The SMILES string of the molecule is Cc1ccc(-c2noc(CCC(=O)N(C)[C@H](C)c3ccc(S(N)(=O)=O)cc3)n2)cc1. The average Bonchev–Trinajstić information content (AvgIpc) is 3.20. The minimum absolute atomic E-state index is 0.0354. The minimum Gasteiger partial charge on any atom is -0.339 e. The van der Waals surface area contributed by atoms with Crippen LogP contribution in [0.2, 0.25) is 0 Å². The molecule has 1 amide bonds. The maximum atomic E-state index is 12.6. The van der Waals surface area contributed by atoms with Crippen LogP contribution in [0.15, 0.2) is 57.9 Å². The normalized spacial score (nSPS) is 12.5. The predicted molar refractivity (Wildman–Crippen MR) is 112 cm³/mol. The van der Waals surface area contributed by atoms with Crippen LogP contribution >= 0.6 is 0 Å². The number of rotatable bonds is 7. The Hall–Kier alpha value is -3.04. The molecule has 0 saturated carbocycles. The van der Waals surface area contributed by atoms with E-state index in [0.29, 0.717) is 18.1 Å². The molecule has 0 aliphatic heterocycles. The summed E-state index contributed by atoms with van der Waals surface area (Å²) in [5, 5.41) is 9.10. The molecule has 1 aromatic heterocycles. The second kappa shape index (κ2) is 8.76. The highest BCUT2D eigenvalue weighted by Gasteiger charge is 2.19. The Kier molecular flexibility index (Phi) is 6.33. The summed E-state index contributed by atoms with van der Waals surface area (Å²) in [7, 11) is -2.04. The molecule has 0 saturated heterocycles. The molecule has 2 aromatic carbocycles. The third-order valence-corrected chi connectivity index (χ3v) is 5.93. The first-order valence-corrected chi connectivity index (χ1v) is 11.0. The van der Waals surface area contributed by atoms with E-state index in [-0.39, 0.29) is 23.3 Å². The molecular weight excluding hydrogens is 404 g/mol. The van der Waals surface area contributed by atoms with E-state index < -0.39 is 10.0 Å². The van der Waals surface area contributed by atoms with Gasteiger partial charge in [0.05, 0.1) is 10.9 Å². The number of nitrogens with zero attached hydrogens (tertiary/aromatic N) is 3. The van der Waals surface area contributed by atoms with Gasteiger partial charge in [0, 0.05) is 25.5 Å². The van der Waals surface area contributed by atoms with Crippen molar-refractivity contribution in [2.75, 3.05) is 7.05 Å². The number of benzene rings is 2. The number of aryl methyl sites for hydroxylation is 2. The van der Waals surface area contributed by atoms with Crippen molar-refractivity contribution in [3.8, 4) is 11.4 Å². The molecule has 1 heterocycles. The molecule has 0 fully saturated rings. The third kappa shape index (κ3) is 5.11. The van der Waals surface area contributed by atoms with Crippen LogP contribution in [0.25, 0.3) is 11.4 Å². The molecule has 0 unspecified atom stereocenters. The molecule has 9 heteroatoms. The molecule has 1 atom stereocenters. The lowest BCUT2D eigenvalue weighted by atomic mass is 10.1. The Balaban J connectivity index is 1.60. The first kappa shape index (κ1) is 21.7. The van der Waals surface area contributed by atoms with Gasteiger partial charge >= 0.3 is 0 Å². The van der Waals surface area contributed by atoms with E-state index in [1.54, 1.807) is 24.1 Å². The summed E-state index contributed by atoms with van der Waals surface area (Å²) >= 11 is 0. The van der Waals surface area contributed by atoms with Gasteiger partial charge < -0.3 is 9.42 Å². The summed E-state index contributed by atoms with van der Waals surface area (Å²) in [6, 6.07) is 13.7. The molecule has 30 heavy (non-hydrogen) atoms. The van der Waals surface area contributed by atoms with Gasteiger partial charge in [0.1, 0.15) is 0 Å². The average molecular weight is 429 g/mol. The van der Waals surface area contributed by atoms with Gasteiger partial charge in [-0.3, -0.25) is 4.79 Å². The standard InChI is InChI=1S/C21H24N4O4S/c1-14-4-6-17(7-5-14)21-23-19(29-24-21)12-13-20(26)25(3)15(2)16-8-10-18(11-9-16)30(22,27)28/h4-11,15H,12-13H2,1-3H3,(H2,22,27,28)/t15-/m1/s1. The molecule has 158 valence electrons. The van der Waals surface area contributed by atoms with Gasteiger partial charge in [0.15, 0.2) is 0 Å². The second-order valence-corrected chi connectivity index (χ2v) is 8.73. The van der Waals surface area contributed by atoms with Crippen LogP contribution in [0.1, 0.15) is 36.4 Å². The highest BCUT2D eigenvalue weighted by molar-refractivity contribution is 7.89. The molecule has 8 nitrogen and oxygen atoms in total. The molecular formula is C21H24N4O4S. The van der Waals surface area contributed by atoms with Crippen LogP contribution in [-0.4, -0.2) is 36.4 Å². The molecule has 3 rings (SSSR count). The zero-order valence-electron chi connectivity index (χ0n) is 17.1. The number of hydrogen-bond acceptors (Lipinski definition) is 6. The van der Waals surface area contributed by atoms with Crippen molar-refractivity contribution in [1.29, 1.82) is 0 Å². The van der Waals surface area contributed by atoms with Crippen LogP contribution in [0.3, 0.4) is 0 Å². The Morgan fingerprint density at radius 3 is 2.37 bits per heavy atom. The summed E-state index contributed by atoms with van der Waals surface area (Å²) in [4.78, 5) is 18.6. The van der Waals surface area contributed by atoms with Gasteiger partial charge in [-0.2, -0.15) is 4.98 Å². The molecule has 0 aliphatic carbocycles. The maximum absolute atomic E-state index is 12.6. The van der Waals surface area contributed by atoms with Crippen molar-refractivity contribution in [3.05, 3.63) is 65.5 Å². The van der Waals surface area contributed by atoms with Crippen LogP contribution in [0.5, 0.6) is 0 Å². The molecule has 2 N–H and O–H groups in total. The zero-order chi connectivity index (χ0) is 21.9. The minimum atomic E-state index is -3.75. The van der Waals surface area contributed by atoms with E-state index in [0.717, 1.165) is 16.7 Å². The van der Waals surface area contributed by atoms with Crippen molar-refractivity contribution < 1.29 is 17.7 Å². The lowest BCUT2D eigenvalue weighted by molar-refractivity contribution is -0.131. The number of sulfonamides is 1.